The van der Waals surface area contributed by atoms with E-state index in [1.807, 2.05) is 12.1 Å². The summed E-state index contributed by atoms with van der Waals surface area (Å²) in [6.07, 6.45) is 0. The molecule has 0 spiro atoms. The van der Waals surface area contributed by atoms with E-state index in [0.29, 0.717) is 0 Å². The Morgan fingerprint density at radius 2 is 0.422 bits per heavy atom. The average molecular weight is 1300 g/mol. The number of hydrogen-bond acceptors (Lipinski definition) is 2. The van der Waals surface area contributed by atoms with Crippen LogP contribution in [0.1, 0.15) is 0 Å². The third-order valence-electron chi connectivity index (χ3n) is 21.2. The fraction of sp³-hybridized carbons (Fsp3) is 0. The largest absolute Gasteiger partial charge is 0.456 e. The first-order valence-electron chi connectivity index (χ1n) is 34.8. The molecule has 0 saturated carbocycles. The molecule has 8 aromatic heterocycles. The highest BCUT2D eigenvalue weighted by atomic mass is 16.3. The Balaban J connectivity index is 0.000000130. The van der Waals surface area contributed by atoms with Gasteiger partial charge in [0.15, 0.2) is 0 Å². The number of aromatic nitrogens is 6. The van der Waals surface area contributed by atoms with Crippen LogP contribution in [0.25, 0.3) is 198 Å². The first-order chi connectivity index (χ1) is 50.6. The van der Waals surface area contributed by atoms with Gasteiger partial charge in [0.05, 0.1) is 44.1 Å². The maximum absolute atomic E-state index is 6.49. The van der Waals surface area contributed by atoms with Gasteiger partial charge in [-0.3, -0.25) is 18.3 Å². The number of furan rings is 2. The Hall–Kier alpha value is -13.8. The van der Waals surface area contributed by atoms with Gasteiger partial charge in [0, 0.05) is 110 Å². The lowest BCUT2D eigenvalue weighted by Gasteiger charge is -2.14. The summed E-state index contributed by atoms with van der Waals surface area (Å²) in [6.45, 7) is 0. The molecule has 8 nitrogen and oxygen atoms in total. The van der Waals surface area contributed by atoms with Crippen molar-refractivity contribution in [1.29, 1.82) is 0 Å². The lowest BCUT2D eigenvalue weighted by Crippen LogP contribution is -2.01. The van der Waals surface area contributed by atoms with Crippen LogP contribution in [0.3, 0.4) is 0 Å². The number of para-hydroxylation sites is 10. The normalized spacial score (nSPS) is 12.1. The zero-order valence-electron chi connectivity index (χ0n) is 55.0. The molecular weight excluding hydrogens is 1250 g/mol. The summed E-state index contributed by atoms with van der Waals surface area (Å²) in [5, 5.41) is 16.9. The zero-order valence-corrected chi connectivity index (χ0v) is 55.0. The SMILES string of the molecule is c1ccc(-n2c3ccccc3c3cc(-c4ccc5oc6ccc(-n7c8ccccc8c8c9ccccc9n(-c9ccccc9)c87)cc6c5c4)ccc32)cc1.c1ccc(-n2c3ccccc3c3cc(-n4c5ccccc5c5c6ccccc6n(-c6ccc7oc8ccccc8c7c6)c54)ccc32)cc1. The highest BCUT2D eigenvalue weighted by Gasteiger charge is 2.26. The molecule has 15 aromatic carbocycles. The van der Waals surface area contributed by atoms with Gasteiger partial charge in [-0.1, -0.05) is 194 Å². The molecule has 23 aromatic rings. The minimum Gasteiger partial charge on any atom is -0.456 e. The number of rotatable bonds is 7. The Labute approximate surface area is 583 Å². The summed E-state index contributed by atoms with van der Waals surface area (Å²) in [5.41, 5.74) is 24.5. The van der Waals surface area contributed by atoms with E-state index < -0.39 is 0 Å². The molecule has 476 valence electrons. The monoisotopic (exact) mass is 1300 g/mol. The summed E-state index contributed by atoms with van der Waals surface area (Å²) in [7, 11) is 0. The highest BCUT2D eigenvalue weighted by molar-refractivity contribution is 6.25. The second-order valence-electron chi connectivity index (χ2n) is 26.7. The van der Waals surface area contributed by atoms with E-state index in [1.54, 1.807) is 0 Å². The molecule has 0 aliphatic heterocycles. The first kappa shape index (κ1) is 56.2. The van der Waals surface area contributed by atoms with Crippen molar-refractivity contribution in [1.82, 2.24) is 27.4 Å². The maximum atomic E-state index is 6.49. The quantitative estimate of drug-likeness (QED) is 0.160. The summed E-state index contributed by atoms with van der Waals surface area (Å²) < 4.78 is 27.2. The van der Waals surface area contributed by atoms with Crippen molar-refractivity contribution in [3.05, 3.63) is 352 Å². The summed E-state index contributed by atoms with van der Waals surface area (Å²) in [5.74, 6) is 0. The van der Waals surface area contributed by atoms with Crippen LogP contribution in [-0.4, -0.2) is 27.4 Å². The Morgan fingerprint density at radius 1 is 0.157 bits per heavy atom. The predicted molar refractivity (Wildman–Crippen MR) is 424 cm³/mol. The lowest BCUT2D eigenvalue weighted by molar-refractivity contribution is 0.668. The molecule has 102 heavy (non-hydrogen) atoms. The lowest BCUT2D eigenvalue weighted by atomic mass is 10.0. The van der Waals surface area contributed by atoms with Gasteiger partial charge in [0.1, 0.15) is 33.6 Å². The van der Waals surface area contributed by atoms with Gasteiger partial charge < -0.3 is 18.0 Å². The van der Waals surface area contributed by atoms with Gasteiger partial charge in [-0.2, -0.15) is 0 Å². The van der Waals surface area contributed by atoms with Gasteiger partial charge in [-0.15, -0.1) is 0 Å². The van der Waals surface area contributed by atoms with Crippen molar-refractivity contribution in [2.45, 2.75) is 0 Å². The molecule has 0 saturated heterocycles. The van der Waals surface area contributed by atoms with E-state index in [9.17, 15) is 0 Å². The zero-order chi connectivity index (χ0) is 66.7. The number of fused-ring (bicyclic) bond motifs is 22. The first-order valence-corrected chi connectivity index (χ1v) is 34.8. The van der Waals surface area contributed by atoms with E-state index >= 15 is 0 Å². The van der Waals surface area contributed by atoms with Gasteiger partial charge in [-0.25, -0.2) is 0 Å². The summed E-state index contributed by atoms with van der Waals surface area (Å²) >= 11 is 0. The fourth-order valence-electron chi connectivity index (χ4n) is 16.9. The standard InChI is InChI=1S/C50H31N3O.C44H27N3O/c1-3-13-34(14-4-1)51-43-20-10-7-17-37(43)40-29-32(23-26-46(40)51)33-24-27-47-41(30-33)42-31-36(25-28-48(42)54-47)53-45-22-12-9-19-39(45)49-38-18-8-11-21-44(38)52(50(49)53)35-15-5-2-6-16-35;1-2-12-28(13-3-1)45-37-18-8-4-14-31(37)35-26-29(22-24-40(35)45)46-38-19-9-5-16-33(38)43-34-17-6-10-20-39(34)47(44(43)46)30-23-25-42-36(27-30)32-15-7-11-21-41(32)48-42/h1-31H;1-27H. The van der Waals surface area contributed by atoms with Crippen LogP contribution >= 0.6 is 0 Å². The van der Waals surface area contributed by atoms with Crippen LogP contribution in [-0.2, 0) is 0 Å². The molecule has 0 radical (unpaired) electrons. The molecule has 0 atom stereocenters. The van der Waals surface area contributed by atoms with E-state index in [1.165, 1.54) is 104 Å². The fourth-order valence-corrected chi connectivity index (χ4v) is 16.9. The molecule has 0 aliphatic rings. The second kappa shape index (κ2) is 21.8. The Morgan fingerprint density at radius 3 is 0.873 bits per heavy atom. The van der Waals surface area contributed by atoms with Gasteiger partial charge in [-0.05, 0) is 169 Å². The molecule has 0 bridgehead atoms. The highest BCUT2D eigenvalue weighted by Crippen LogP contribution is 2.46. The van der Waals surface area contributed by atoms with Crippen LogP contribution in [0, 0.1) is 0 Å². The molecule has 0 fully saturated rings. The molecular formula is C94H58N6O2. The van der Waals surface area contributed by atoms with E-state index in [2.05, 4.69) is 367 Å². The van der Waals surface area contributed by atoms with Crippen molar-refractivity contribution in [2.75, 3.05) is 0 Å². The minimum atomic E-state index is 0.878. The molecule has 0 unspecified atom stereocenters. The third-order valence-corrected chi connectivity index (χ3v) is 21.2. The molecule has 0 aliphatic carbocycles. The van der Waals surface area contributed by atoms with Crippen molar-refractivity contribution in [2.24, 2.45) is 0 Å². The van der Waals surface area contributed by atoms with Crippen LogP contribution < -0.4 is 0 Å². The van der Waals surface area contributed by atoms with E-state index in [-0.39, 0.29) is 0 Å². The Bertz CT molecular complexity index is 7370. The number of nitrogens with zero attached hydrogens (tertiary/aromatic N) is 6. The maximum Gasteiger partial charge on any atom is 0.135 e. The Kier molecular flexibility index (Phi) is 12.0. The van der Waals surface area contributed by atoms with Crippen molar-refractivity contribution < 1.29 is 8.83 Å². The second-order valence-corrected chi connectivity index (χ2v) is 26.7. The third kappa shape index (κ3) is 8.20. The van der Waals surface area contributed by atoms with Crippen molar-refractivity contribution >= 4 is 153 Å². The number of benzene rings is 15. The van der Waals surface area contributed by atoms with Gasteiger partial charge in [0.2, 0.25) is 0 Å². The van der Waals surface area contributed by atoms with Crippen LogP contribution in [0.4, 0.5) is 0 Å². The van der Waals surface area contributed by atoms with E-state index in [4.69, 9.17) is 8.83 Å². The number of hydrogen-bond donors (Lipinski definition) is 0. The summed E-state index contributed by atoms with van der Waals surface area (Å²) in [4.78, 5) is 0. The summed E-state index contributed by atoms with van der Waals surface area (Å²) in [6, 6.07) is 126. The molecule has 0 N–H and O–H groups in total. The molecule has 8 heteroatoms. The van der Waals surface area contributed by atoms with Crippen LogP contribution in [0.2, 0.25) is 0 Å². The average Bonchev–Trinajstić information content (AvgIpc) is 1.54. The predicted octanol–water partition coefficient (Wildman–Crippen LogP) is 25.1. The molecule has 0 amide bonds. The van der Waals surface area contributed by atoms with Gasteiger partial charge >= 0.3 is 0 Å². The minimum absolute atomic E-state index is 0.878. The van der Waals surface area contributed by atoms with E-state index in [0.717, 1.165) is 94.9 Å². The molecule has 8 heterocycles. The van der Waals surface area contributed by atoms with Crippen LogP contribution in [0.5, 0.6) is 0 Å². The van der Waals surface area contributed by atoms with Crippen molar-refractivity contribution in [3.63, 3.8) is 0 Å². The smallest absolute Gasteiger partial charge is 0.135 e. The topological polar surface area (TPSA) is 55.9 Å². The van der Waals surface area contributed by atoms with Crippen LogP contribution in [0.15, 0.2) is 361 Å². The molecule has 23 rings (SSSR count). The van der Waals surface area contributed by atoms with Crippen molar-refractivity contribution in [3.8, 4) is 45.3 Å². The van der Waals surface area contributed by atoms with Gasteiger partial charge in [0.25, 0.3) is 0 Å².